The van der Waals surface area contributed by atoms with E-state index in [9.17, 15) is 18.0 Å². The molecule has 0 radical (unpaired) electrons. The van der Waals surface area contributed by atoms with Gasteiger partial charge in [0.05, 0.1) is 10.4 Å². The van der Waals surface area contributed by atoms with E-state index >= 15 is 0 Å². The highest BCUT2D eigenvalue weighted by molar-refractivity contribution is 9.10. The van der Waals surface area contributed by atoms with Gasteiger partial charge in [-0.15, -0.1) is 11.3 Å². The molecule has 0 unspecified atom stereocenters. The van der Waals surface area contributed by atoms with Gasteiger partial charge in [0.25, 0.3) is 0 Å². The number of alkyl halides is 3. The van der Waals surface area contributed by atoms with E-state index in [0.29, 0.717) is 9.35 Å². The summed E-state index contributed by atoms with van der Waals surface area (Å²) in [7, 11) is 0. The van der Waals surface area contributed by atoms with Gasteiger partial charge in [-0.3, -0.25) is 4.79 Å². The fourth-order valence-corrected chi connectivity index (χ4v) is 3.27. The Hall–Kier alpha value is -1.14. The van der Waals surface area contributed by atoms with E-state index in [1.54, 1.807) is 6.92 Å². The summed E-state index contributed by atoms with van der Waals surface area (Å²) in [4.78, 5) is 13.8. The molecule has 0 saturated carbocycles. The van der Waals surface area contributed by atoms with E-state index in [2.05, 4.69) is 15.9 Å². The summed E-state index contributed by atoms with van der Waals surface area (Å²) < 4.78 is 38.5. The fraction of sp³-hybridized carbons (Fsp3) is 0.214. The molecule has 1 aromatic heterocycles. The van der Waals surface area contributed by atoms with Gasteiger partial charge in [-0.2, -0.15) is 13.2 Å². The van der Waals surface area contributed by atoms with Crippen molar-refractivity contribution in [2.24, 2.45) is 0 Å². The van der Waals surface area contributed by atoms with Crippen molar-refractivity contribution in [1.29, 1.82) is 0 Å². The van der Waals surface area contributed by atoms with Crippen LogP contribution in [0.15, 0.2) is 28.7 Å². The molecule has 20 heavy (non-hydrogen) atoms. The Bertz CT molecular complexity index is 674. The number of benzene rings is 1. The Morgan fingerprint density at radius 2 is 1.85 bits per heavy atom. The van der Waals surface area contributed by atoms with Crippen molar-refractivity contribution in [2.45, 2.75) is 20.0 Å². The molecule has 0 N–H and O–H groups in total. The molecule has 0 atom stereocenters. The maximum absolute atomic E-state index is 12.7. The van der Waals surface area contributed by atoms with Crippen LogP contribution in [0.1, 0.15) is 31.2 Å². The molecular formula is C14H10BrF3OS. The van der Waals surface area contributed by atoms with Gasteiger partial charge in [0.2, 0.25) is 5.78 Å². The van der Waals surface area contributed by atoms with E-state index in [-0.39, 0.29) is 5.56 Å². The summed E-state index contributed by atoms with van der Waals surface area (Å²) >= 11 is 4.43. The molecule has 106 valence electrons. The van der Waals surface area contributed by atoms with Crippen molar-refractivity contribution in [3.05, 3.63) is 55.2 Å². The second-order valence-corrected chi connectivity index (χ2v) is 6.50. The predicted molar refractivity (Wildman–Crippen MR) is 76.4 cm³/mol. The Morgan fingerprint density at radius 1 is 1.20 bits per heavy atom. The van der Waals surface area contributed by atoms with Gasteiger partial charge in [0.1, 0.15) is 0 Å². The zero-order chi connectivity index (χ0) is 15.1. The zero-order valence-electron chi connectivity index (χ0n) is 10.6. The fourth-order valence-electron chi connectivity index (χ4n) is 1.86. The third-order valence-corrected chi connectivity index (χ3v) is 4.63. The van der Waals surface area contributed by atoms with Crippen molar-refractivity contribution in [3.8, 4) is 0 Å². The molecule has 1 aromatic carbocycles. The van der Waals surface area contributed by atoms with Crippen LogP contribution in [-0.4, -0.2) is 5.78 Å². The Morgan fingerprint density at radius 3 is 2.35 bits per heavy atom. The minimum atomic E-state index is -4.46. The normalized spacial score (nSPS) is 11.7. The second kappa shape index (κ2) is 5.33. The molecule has 0 bridgehead atoms. The summed E-state index contributed by atoms with van der Waals surface area (Å²) in [5, 5.41) is 0. The van der Waals surface area contributed by atoms with Gasteiger partial charge in [-0.1, -0.05) is 15.9 Å². The number of carbonyl (C=O) groups excluding carboxylic acids is 1. The molecule has 0 aliphatic heterocycles. The highest BCUT2D eigenvalue weighted by Gasteiger charge is 2.32. The lowest BCUT2D eigenvalue weighted by Gasteiger charge is -2.09. The van der Waals surface area contributed by atoms with Crippen molar-refractivity contribution >= 4 is 33.0 Å². The number of carbonyl (C=O) groups is 1. The van der Waals surface area contributed by atoms with Crippen molar-refractivity contribution in [2.75, 3.05) is 0 Å². The van der Waals surface area contributed by atoms with E-state index in [1.165, 1.54) is 17.4 Å². The molecular weight excluding hydrogens is 353 g/mol. The average molecular weight is 363 g/mol. The Labute approximate surface area is 126 Å². The van der Waals surface area contributed by atoms with Crippen molar-refractivity contribution in [3.63, 3.8) is 0 Å². The molecule has 0 amide bonds. The maximum atomic E-state index is 12.7. The lowest BCUT2D eigenvalue weighted by Crippen LogP contribution is -2.08. The summed E-state index contributed by atoms with van der Waals surface area (Å²) in [6.07, 6.45) is -4.46. The number of thiophene rings is 1. The lowest BCUT2D eigenvalue weighted by atomic mass is 10.0. The van der Waals surface area contributed by atoms with Gasteiger partial charge in [-0.25, -0.2) is 0 Å². The van der Waals surface area contributed by atoms with Gasteiger partial charge in [0.15, 0.2) is 0 Å². The third kappa shape index (κ3) is 2.96. The van der Waals surface area contributed by atoms with E-state index < -0.39 is 17.5 Å². The summed E-state index contributed by atoms with van der Waals surface area (Å²) in [6, 6.07) is 4.94. The van der Waals surface area contributed by atoms with E-state index in [0.717, 1.165) is 22.6 Å². The molecule has 0 aliphatic carbocycles. The molecule has 0 fully saturated rings. The number of halogens is 4. The number of rotatable bonds is 2. The maximum Gasteiger partial charge on any atom is 0.416 e. The molecule has 0 aliphatic rings. The first kappa shape index (κ1) is 15.3. The lowest BCUT2D eigenvalue weighted by molar-refractivity contribution is -0.137. The summed E-state index contributed by atoms with van der Waals surface area (Å²) in [5.74, 6) is -0.390. The summed E-state index contributed by atoms with van der Waals surface area (Å²) in [6.45, 7) is 3.63. The van der Waals surface area contributed by atoms with Crippen LogP contribution in [0.25, 0.3) is 0 Å². The highest BCUT2D eigenvalue weighted by Crippen LogP contribution is 2.34. The smallest absolute Gasteiger partial charge is 0.288 e. The van der Waals surface area contributed by atoms with Crippen LogP contribution in [0.2, 0.25) is 0 Å². The van der Waals surface area contributed by atoms with Crippen molar-refractivity contribution < 1.29 is 18.0 Å². The first-order valence-corrected chi connectivity index (χ1v) is 7.29. The molecule has 0 spiro atoms. The quantitative estimate of drug-likeness (QED) is 0.655. The van der Waals surface area contributed by atoms with Crippen LogP contribution in [-0.2, 0) is 6.18 Å². The number of ketones is 1. The predicted octanol–water partition coefficient (Wildman–Crippen LogP) is 5.38. The number of hydrogen-bond acceptors (Lipinski definition) is 2. The summed E-state index contributed by atoms with van der Waals surface area (Å²) in [5.41, 5.74) is -0.0124. The minimum Gasteiger partial charge on any atom is -0.288 e. The SMILES string of the molecule is Cc1cc(C)c(C(=O)c2cc(C(F)(F)F)ccc2Br)s1. The van der Waals surface area contributed by atoms with Crippen LogP contribution in [0.5, 0.6) is 0 Å². The Kier molecular flexibility index (Phi) is 4.07. The number of aryl methyl sites for hydroxylation is 2. The van der Waals surface area contributed by atoms with Gasteiger partial charge in [0, 0.05) is 14.9 Å². The average Bonchev–Trinajstić information content (AvgIpc) is 2.66. The van der Waals surface area contributed by atoms with Crippen LogP contribution in [0, 0.1) is 13.8 Å². The second-order valence-electron chi connectivity index (χ2n) is 4.39. The Balaban J connectivity index is 2.52. The molecule has 1 nitrogen and oxygen atoms in total. The highest BCUT2D eigenvalue weighted by atomic mass is 79.9. The van der Waals surface area contributed by atoms with Crippen LogP contribution in [0.4, 0.5) is 13.2 Å². The molecule has 2 rings (SSSR count). The van der Waals surface area contributed by atoms with E-state index in [1.807, 2.05) is 13.0 Å². The number of hydrogen-bond donors (Lipinski definition) is 0. The molecule has 2 aromatic rings. The first-order valence-electron chi connectivity index (χ1n) is 5.68. The largest absolute Gasteiger partial charge is 0.416 e. The third-order valence-electron chi connectivity index (χ3n) is 2.79. The molecule has 0 saturated heterocycles. The molecule has 1 heterocycles. The molecule has 6 heteroatoms. The van der Waals surface area contributed by atoms with Gasteiger partial charge < -0.3 is 0 Å². The standard InChI is InChI=1S/C14H10BrF3OS/c1-7-5-8(2)20-13(7)12(19)10-6-9(14(16,17)18)3-4-11(10)15/h3-6H,1-2H3. The van der Waals surface area contributed by atoms with Crippen LogP contribution in [0.3, 0.4) is 0 Å². The minimum absolute atomic E-state index is 0.0322. The first-order chi connectivity index (χ1) is 9.20. The van der Waals surface area contributed by atoms with Crippen LogP contribution >= 0.6 is 27.3 Å². The van der Waals surface area contributed by atoms with E-state index in [4.69, 9.17) is 0 Å². The monoisotopic (exact) mass is 362 g/mol. The van der Waals surface area contributed by atoms with Crippen molar-refractivity contribution in [1.82, 2.24) is 0 Å². The van der Waals surface area contributed by atoms with Crippen LogP contribution < -0.4 is 0 Å². The van der Waals surface area contributed by atoms with Gasteiger partial charge in [-0.05, 0) is 43.7 Å². The zero-order valence-corrected chi connectivity index (χ0v) is 13.0. The van der Waals surface area contributed by atoms with Gasteiger partial charge >= 0.3 is 6.18 Å². The topological polar surface area (TPSA) is 17.1 Å².